The van der Waals surface area contributed by atoms with Crippen molar-refractivity contribution in [3.63, 3.8) is 0 Å². The SMILES string of the molecule is CCNC(C)c1cnc2cc(C)nn2c1C. The maximum Gasteiger partial charge on any atom is 0.155 e. The van der Waals surface area contributed by atoms with E-state index in [1.165, 1.54) is 5.56 Å². The lowest BCUT2D eigenvalue weighted by Gasteiger charge is -2.15. The van der Waals surface area contributed by atoms with Crippen LogP contribution >= 0.6 is 0 Å². The van der Waals surface area contributed by atoms with Gasteiger partial charge >= 0.3 is 0 Å². The van der Waals surface area contributed by atoms with Crippen molar-refractivity contribution >= 4 is 5.65 Å². The van der Waals surface area contributed by atoms with Crippen LogP contribution in [0.5, 0.6) is 0 Å². The molecule has 4 heteroatoms. The lowest BCUT2D eigenvalue weighted by Crippen LogP contribution is -2.20. The summed E-state index contributed by atoms with van der Waals surface area (Å²) in [5.74, 6) is 0. The van der Waals surface area contributed by atoms with E-state index in [0.29, 0.717) is 6.04 Å². The van der Waals surface area contributed by atoms with Gasteiger partial charge in [0.2, 0.25) is 0 Å². The molecule has 0 radical (unpaired) electrons. The van der Waals surface area contributed by atoms with Gasteiger partial charge in [0.15, 0.2) is 5.65 Å². The zero-order valence-electron chi connectivity index (χ0n) is 10.3. The Hall–Kier alpha value is -1.42. The van der Waals surface area contributed by atoms with E-state index in [9.17, 15) is 0 Å². The van der Waals surface area contributed by atoms with E-state index in [0.717, 1.165) is 23.6 Å². The van der Waals surface area contributed by atoms with Crippen LogP contribution in [0.1, 0.15) is 36.8 Å². The average molecular weight is 218 g/mol. The summed E-state index contributed by atoms with van der Waals surface area (Å²) in [5.41, 5.74) is 4.29. The fraction of sp³-hybridized carbons (Fsp3) is 0.500. The summed E-state index contributed by atoms with van der Waals surface area (Å²) in [4.78, 5) is 4.43. The van der Waals surface area contributed by atoms with Crippen LogP contribution in [0.2, 0.25) is 0 Å². The first-order valence-corrected chi connectivity index (χ1v) is 5.68. The molecular formula is C12H18N4. The predicted octanol–water partition coefficient (Wildman–Crippen LogP) is 2.02. The van der Waals surface area contributed by atoms with E-state index < -0.39 is 0 Å². The van der Waals surface area contributed by atoms with Gasteiger partial charge in [-0.15, -0.1) is 0 Å². The van der Waals surface area contributed by atoms with Crippen molar-refractivity contribution < 1.29 is 0 Å². The minimum Gasteiger partial charge on any atom is -0.310 e. The zero-order valence-corrected chi connectivity index (χ0v) is 10.3. The number of hydrogen-bond donors (Lipinski definition) is 1. The molecule has 0 aromatic carbocycles. The Morgan fingerprint density at radius 2 is 2.19 bits per heavy atom. The van der Waals surface area contributed by atoms with Gasteiger partial charge in [0.05, 0.1) is 5.69 Å². The Morgan fingerprint density at radius 3 is 2.88 bits per heavy atom. The van der Waals surface area contributed by atoms with Gasteiger partial charge in [-0.3, -0.25) is 0 Å². The molecule has 0 saturated carbocycles. The fourth-order valence-corrected chi connectivity index (χ4v) is 2.02. The molecule has 0 amide bonds. The molecule has 1 atom stereocenters. The summed E-state index contributed by atoms with van der Waals surface area (Å²) >= 11 is 0. The summed E-state index contributed by atoms with van der Waals surface area (Å²) in [6.45, 7) is 9.29. The van der Waals surface area contributed by atoms with E-state index in [1.54, 1.807) is 0 Å². The van der Waals surface area contributed by atoms with Gasteiger partial charge in [-0.25, -0.2) is 9.50 Å². The first-order chi connectivity index (χ1) is 7.63. The third-order valence-corrected chi connectivity index (χ3v) is 2.86. The van der Waals surface area contributed by atoms with Crippen LogP contribution in [0.25, 0.3) is 5.65 Å². The highest BCUT2D eigenvalue weighted by Gasteiger charge is 2.11. The molecule has 2 heterocycles. The lowest BCUT2D eigenvalue weighted by molar-refractivity contribution is 0.586. The van der Waals surface area contributed by atoms with Crippen molar-refractivity contribution in [2.24, 2.45) is 0 Å². The average Bonchev–Trinajstić information content (AvgIpc) is 2.60. The highest BCUT2D eigenvalue weighted by Crippen LogP contribution is 2.17. The van der Waals surface area contributed by atoms with E-state index in [1.807, 2.05) is 23.7 Å². The van der Waals surface area contributed by atoms with Crippen molar-refractivity contribution in [1.29, 1.82) is 0 Å². The number of hydrogen-bond acceptors (Lipinski definition) is 3. The van der Waals surface area contributed by atoms with Gasteiger partial charge in [-0.1, -0.05) is 6.92 Å². The number of rotatable bonds is 3. The first kappa shape index (κ1) is 11.1. The molecule has 2 rings (SSSR count). The second-order valence-electron chi connectivity index (χ2n) is 4.13. The topological polar surface area (TPSA) is 42.2 Å². The van der Waals surface area contributed by atoms with E-state index in [4.69, 9.17) is 0 Å². The quantitative estimate of drug-likeness (QED) is 0.857. The summed E-state index contributed by atoms with van der Waals surface area (Å²) < 4.78 is 1.92. The highest BCUT2D eigenvalue weighted by atomic mass is 15.3. The Morgan fingerprint density at radius 1 is 1.44 bits per heavy atom. The molecule has 2 aromatic heterocycles. The molecule has 0 aliphatic rings. The number of fused-ring (bicyclic) bond motifs is 1. The van der Waals surface area contributed by atoms with Gasteiger partial charge in [0, 0.05) is 29.6 Å². The second-order valence-corrected chi connectivity index (χ2v) is 4.13. The summed E-state index contributed by atoms with van der Waals surface area (Å²) in [5, 5.41) is 7.84. The number of nitrogens with one attached hydrogen (secondary N) is 1. The van der Waals surface area contributed by atoms with E-state index >= 15 is 0 Å². The van der Waals surface area contributed by atoms with Crippen LogP contribution in [-0.4, -0.2) is 21.1 Å². The Kier molecular flexibility index (Phi) is 2.92. The molecular weight excluding hydrogens is 200 g/mol. The fourth-order valence-electron chi connectivity index (χ4n) is 2.02. The Bertz CT molecular complexity index is 501. The van der Waals surface area contributed by atoms with Crippen LogP contribution in [0, 0.1) is 13.8 Å². The molecule has 0 aliphatic carbocycles. The monoisotopic (exact) mass is 218 g/mol. The highest BCUT2D eigenvalue weighted by molar-refractivity contribution is 5.42. The van der Waals surface area contributed by atoms with Gasteiger partial charge in [-0.2, -0.15) is 5.10 Å². The maximum absolute atomic E-state index is 4.44. The summed E-state index contributed by atoms with van der Waals surface area (Å²) in [6.07, 6.45) is 1.94. The van der Waals surface area contributed by atoms with Crippen molar-refractivity contribution in [2.75, 3.05) is 6.54 Å². The van der Waals surface area contributed by atoms with Crippen LogP contribution in [0.4, 0.5) is 0 Å². The lowest BCUT2D eigenvalue weighted by atomic mass is 10.1. The molecule has 1 unspecified atom stereocenters. The smallest absolute Gasteiger partial charge is 0.155 e. The third-order valence-electron chi connectivity index (χ3n) is 2.86. The maximum atomic E-state index is 4.44. The predicted molar refractivity (Wildman–Crippen MR) is 64.6 cm³/mol. The van der Waals surface area contributed by atoms with Crippen molar-refractivity contribution in [2.45, 2.75) is 33.7 Å². The molecule has 16 heavy (non-hydrogen) atoms. The molecule has 0 aliphatic heterocycles. The van der Waals surface area contributed by atoms with Gasteiger partial charge < -0.3 is 5.32 Å². The minimum absolute atomic E-state index is 0.311. The second kappa shape index (κ2) is 4.22. The van der Waals surface area contributed by atoms with Crippen molar-refractivity contribution in [1.82, 2.24) is 19.9 Å². The molecule has 86 valence electrons. The van der Waals surface area contributed by atoms with E-state index in [2.05, 4.69) is 36.2 Å². The third kappa shape index (κ3) is 1.80. The molecule has 2 aromatic rings. The molecule has 0 saturated heterocycles. The number of nitrogens with zero attached hydrogens (tertiary/aromatic N) is 3. The van der Waals surface area contributed by atoms with Crippen LogP contribution in [0.3, 0.4) is 0 Å². The normalized spacial score (nSPS) is 13.2. The molecule has 0 bridgehead atoms. The van der Waals surface area contributed by atoms with Crippen LogP contribution < -0.4 is 5.32 Å². The summed E-state index contributed by atoms with van der Waals surface area (Å²) in [6, 6.07) is 2.31. The number of aryl methyl sites for hydroxylation is 2. The molecule has 1 N–H and O–H groups in total. The zero-order chi connectivity index (χ0) is 11.7. The minimum atomic E-state index is 0.311. The van der Waals surface area contributed by atoms with Gasteiger partial charge in [0.1, 0.15) is 0 Å². The van der Waals surface area contributed by atoms with Gasteiger partial charge in [0.25, 0.3) is 0 Å². The Labute approximate surface area is 95.7 Å². The van der Waals surface area contributed by atoms with Crippen molar-refractivity contribution in [3.05, 3.63) is 29.2 Å². The summed E-state index contributed by atoms with van der Waals surface area (Å²) in [7, 11) is 0. The molecule has 0 fully saturated rings. The van der Waals surface area contributed by atoms with Gasteiger partial charge in [-0.05, 0) is 27.3 Å². The largest absolute Gasteiger partial charge is 0.310 e. The van der Waals surface area contributed by atoms with E-state index in [-0.39, 0.29) is 0 Å². The first-order valence-electron chi connectivity index (χ1n) is 5.68. The Balaban J connectivity index is 2.51. The van der Waals surface area contributed by atoms with Crippen LogP contribution in [-0.2, 0) is 0 Å². The molecule has 0 spiro atoms. The standard InChI is InChI=1S/C12H18N4/c1-5-13-9(3)11-7-14-12-6-8(2)15-16(12)10(11)4/h6-7,9,13H,5H2,1-4H3. The number of aromatic nitrogens is 3. The van der Waals surface area contributed by atoms with Crippen molar-refractivity contribution in [3.8, 4) is 0 Å². The van der Waals surface area contributed by atoms with Crippen LogP contribution in [0.15, 0.2) is 12.3 Å². The molecule has 4 nitrogen and oxygen atoms in total.